The standard InChI is InChI=1S/C17H21ClN4O2S/c1-4-10(2)13(19-14(23)11(3)18)15(24)20-17-22-21-16(25-17)12-8-6-5-7-9-12/h5-11,13H,4H2,1-3H3,(H,19,23)(H,20,22,24)/t10-,11+,13-/m0/s1. The van der Waals surface area contributed by atoms with Gasteiger partial charge in [0.25, 0.3) is 0 Å². The monoisotopic (exact) mass is 380 g/mol. The molecule has 25 heavy (non-hydrogen) atoms. The van der Waals surface area contributed by atoms with Gasteiger partial charge in [-0.05, 0) is 12.8 Å². The Labute approximate surface area is 156 Å². The number of alkyl halides is 1. The molecule has 0 aliphatic heterocycles. The van der Waals surface area contributed by atoms with Gasteiger partial charge in [0.1, 0.15) is 16.4 Å². The smallest absolute Gasteiger partial charge is 0.249 e. The summed E-state index contributed by atoms with van der Waals surface area (Å²) >= 11 is 7.08. The normalized spacial score (nSPS) is 14.4. The van der Waals surface area contributed by atoms with Gasteiger partial charge in [0, 0.05) is 5.56 Å². The predicted molar refractivity (Wildman–Crippen MR) is 101 cm³/mol. The second kappa shape index (κ2) is 8.92. The minimum Gasteiger partial charge on any atom is -0.343 e. The van der Waals surface area contributed by atoms with E-state index in [-0.39, 0.29) is 17.7 Å². The first kappa shape index (κ1) is 19.3. The fourth-order valence-electron chi connectivity index (χ4n) is 2.12. The first-order chi connectivity index (χ1) is 11.9. The first-order valence-electron chi connectivity index (χ1n) is 8.06. The number of benzene rings is 1. The molecule has 2 aromatic rings. The van der Waals surface area contributed by atoms with E-state index in [1.165, 1.54) is 11.3 Å². The molecular formula is C17H21ClN4O2S. The van der Waals surface area contributed by atoms with Crippen LogP contribution in [0.3, 0.4) is 0 Å². The molecule has 0 bridgehead atoms. The van der Waals surface area contributed by atoms with Crippen LogP contribution >= 0.6 is 22.9 Å². The van der Waals surface area contributed by atoms with Crippen LogP contribution in [0.1, 0.15) is 27.2 Å². The third-order valence-corrected chi connectivity index (χ3v) is 4.92. The first-order valence-corrected chi connectivity index (χ1v) is 9.31. The molecule has 0 aliphatic rings. The molecular weight excluding hydrogens is 360 g/mol. The number of hydrogen-bond acceptors (Lipinski definition) is 5. The number of nitrogens with one attached hydrogen (secondary N) is 2. The molecule has 0 spiro atoms. The van der Waals surface area contributed by atoms with Crippen LogP contribution in [-0.2, 0) is 9.59 Å². The van der Waals surface area contributed by atoms with Crippen molar-refractivity contribution in [1.82, 2.24) is 15.5 Å². The van der Waals surface area contributed by atoms with Crippen molar-refractivity contribution in [3.8, 4) is 10.6 Å². The van der Waals surface area contributed by atoms with Crippen molar-refractivity contribution >= 4 is 39.9 Å². The molecule has 0 saturated heterocycles. The van der Waals surface area contributed by atoms with Crippen molar-refractivity contribution in [2.75, 3.05) is 5.32 Å². The molecule has 134 valence electrons. The van der Waals surface area contributed by atoms with E-state index in [1.54, 1.807) is 6.92 Å². The van der Waals surface area contributed by atoms with Gasteiger partial charge in [-0.2, -0.15) is 0 Å². The second-order valence-electron chi connectivity index (χ2n) is 5.76. The molecule has 2 amide bonds. The van der Waals surface area contributed by atoms with Gasteiger partial charge in [0.2, 0.25) is 16.9 Å². The zero-order valence-electron chi connectivity index (χ0n) is 14.3. The lowest BCUT2D eigenvalue weighted by molar-refractivity contribution is -0.127. The van der Waals surface area contributed by atoms with Crippen molar-refractivity contribution in [2.24, 2.45) is 5.92 Å². The minimum absolute atomic E-state index is 0.0409. The Hall–Kier alpha value is -1.99. The topological polar surface area (TPSA) is 84.0 Å². The zero-order chi connectivity index (χ0) is 18.4. The van der Waals surface area contributed by atoms with Crippen LogP contribution < -0.4 is 10.6 Å². The third kappa shape index (κ3) is 5.24. The largest absolute Gasteiger partial charge is 0.343 e. The summed E-state index contributed by atoms with van der Waals surface area (Å²) in [6.07, 6.45) is 0.737. The van der Waals surface area contributed by atoms with Crippen molar-refractivity contribution in [2.45, 2.75) is 38.6 Å². The van der Waals surface area contributed by atoms with E-state index in [4.69, 9.17) is 11.6 Å². The van der Waals surface area contributed by atoms with Crippen LogP contribution in [0.25, 0.3) is 10.6 Å². The second-order valence-corrected chi connectivity index (χ2v) is 7.39. The number of carbonyl (C=O) groups is 2. The molecule has 2 rings (SSSR count). The SMILES string of the molecule is CC[C@H](C)[C@H](NC(=O)[C@@H](C)Cl)C(=O)Nc1nnc(-c2ccccc2)s1. The van der Waals surface area contributed by atoms with Crippen molar-refractivity contribution in [3.05, 3.63) is 30.3 Å². The highest BCUT2D eigenvalue weighted by molar-refractivity contribution is 7.18. The van der Waals surface area contributed by atoms with Gasteiger partial charge >= 0.3 is 0 Å². The van der Waals surface area contributed by atoms with Gasteiger partial charge in [-0.25, -0.2) is 0 Å². The van der Waals surface area contributed by atoms with Crippen LogP contribution in [0.2, 0.25) is 0 Å². The van der Waals surface area contributed by atoms with Gasteiger partial charge in [0.15, 0.2) is 0 Å². The highest BCUT2D eigenvalue weighted by Gasteiger charge is 2.28. The highest BCUT2D eigenvalue weighted by atomic mass is 35.5. The lowest BCUT2D eigenvalue weighted by atomic mass is 9.98. The number of aromatic nitrogens is 2. The van der Waals surface area contributed by atoms with E-state index in [0.717, 1.165) is 17.0 Å². The van der Waals surface area contributed by atoms with Gasteiger partial charge in [-0.1, -0.05) is 61.9 Å². The molecule has 0 unspecified atom stereocenters. The fourth-order valence-corrected chi connectivity index (χ4v) is 2.94. The van der Waals surface area contributed by atoms with E-state index in [1.807, 2.05) is 44.2 Å². The van der Waals surface area contributed by atoms with E-state index in [2.05, 4.69) is 20.8 Å². The summed E-state index contributed by atoms with van der Waals surface area (Å²) in [6.45, 7) is 5.43. The third-order valence-electron chi connectivity index (χ3n) is 3.83. The van der Waals surface area contributed by atoms with Crippen molar-refractivity contribution in [1.29, 1.82) is 0 Å². The molecule has 0 saturated carbocycles. The number of hydrogen-bond donors (Lipinski definition) is 2. The average Bonchev–Trinajstić information content (AvgIpc) is 3.07. The van der Waals surface area contributed by atoms with Gasteiger partial charge in [-0.3, -0.25) is 14.9 Å². The van der Waals surface area contributed by atoms with Gasteiger partial charge in [0.05, 0.1) is 0 Å². The van der Waals surface area contributed by atoms with E-state index < -0.39 is 11.4 Å². The Morgan fingerprint density at radius 3 is 2.44 bits per heavy atom. The fraction of sp³-hybridized carbons (Fsp3) is 0.412. The Morgan fingerprint density at radius 1 is 1.16 bits per heavy atom. The predicted octanol–water partition coefficient (Wildman–Crippen LogP) is 3.30. The molecule has 6 nitrogen and oxygen atoms in total. The molecule has 1 heterocycles. The quantitative estimate of drug-likeness (QED) is 0.722. The highest BCUT2D eigenvalue weighted by Crippen LogP contribution is 2.26. The van der Waals surface area contributed by atoms with E-state index in [9.17, 15) is 9.59 Å². The summed E-state index contributed by atoms with van der Waals surface area (Å²) in [5.41, 5.74) is 0.934. The molecule has 8 heteroatoms. The van der Waals surface area contributed by atoms with Crippen LogP contribution in [-0.4, -0.2) is 33.4 Å². The van der Waals surface area contributed by atoms with Crippen LogP contribution in [0.4, 0.5) is 5.13 Å². The number of nitrogens with zero attached hydrogens (tertiary/aromatic N) is 2. The Kier molecular flexibility index (Phi) is 6.90. The molecule has 0 fully saturated rings. The summed E-state index contributed by atoms with van der Waals surface area (Å²) in [5.74, 6) is -0.735. The molecule has 3 atom stereocenters. The minimum atomic E-state index is -0.703. The Morgan fingerprint density at radius 2 is 1.84 bits per heavy atom. The Balaban J connectivity index is 2.10. The van der Waals surface area contributed by atoms with Gasteiger partial charge < -0.3 is 5.32 Å². The van der Waals surface area contributed by atoms with E-state index >= 15 is 0 Å². The summed E-state index contributed by atoms with van der Waals surface area (Å²) in [6, 6.07) is 8.92. The molecule has 0 radical (unpaired) electrons. The maximum atomic E-state index is 12.6. The number of rotatable bonds is 7. The number of anilines is 1. The molecule has 1 aromatic carbocycles. The summed E-state index contributed by atoms with van der Waals surface area (Å²) in [4.78, 5) is 24.5. The number of amides is 2. The Bertz CT molecular complexity index is 720. The van der Waals surface area contributed by atoms with E-state index in [0.29, 0.717) is 5.13 Å². The van der Waals surface area contributed by atoms with Crippen molar-refractivity contribution < 1.29 is 9.59 Å². The van der Waals surface area contributed by atoms with Crippen molar-refractivity contribution in [3.63, 3.8) is 0 Å². The molecule has 2 N–H and O–H groups in total. The molecule has 1 aromatic heterocycles. The maximum Gasteiger partial charge on any atom is 0.249 e. The summed E-state index contributed by atoms with van der Waals surface area (Å²) < 4.78 is 0. The summed E-state index contributed by atoms with van der Waals surface area (Å²) in [5, 5.41) is 14.0. The van der Waals surface area contributed by atoms with Gasteiger partial charge in [-0.15, -0.1) is 21.8 Å². The lowest BCUT2D eigenvalue weighted by Gasteiger charge is -2.23. The molecule has 0 aliphatic carbocycles. The van der Waals surface area contributed by atoms with Crippen LogP contribution in [0.15, 0.2) is 30.3 Å². The number of carbonyl (C=O) groups excluding carboxylic acids is 2. The zero-order valence-corrected chi connectivity index (χ0v) is 15.9. The number of halogens is 1. The average molecular weight is 381 g/mol. The van der Waals surface area contributed by atoms with Crippen LogP contribution in [0.5, 0.6) is 0 Å². The summed E-state index contributed by atoms with van der Waals surface area (Å²) in [7, 11) is 0. The maximum absolute atomic E-state index is 12.6. The lowest BCUT2D eigenvalue weighted by Crippen LogP contribution is -2.49. The van der Waals surface area contributed by atoms with Crippen LogP contribution in [0, 0.1) is 5.92 Å².